The van der Waals surface area contributed by atoms with Crippen LogP contribution in [0, 0.1) is 18.8 Å². The Hall–Kier alpha value is -3.15. The van der Waals surface area contributed by atoms with Crippen molar-refractivity contribution in [2.24, 2.45) is 11.8 Å². The van der Waals surface area contributed by atoms with Gasteiger partial charge in [0.1, 0.15) is 6.04 Å². The van der Waals surface area contributed by atoms with Crippen molar-refractivity contribution in [2.75, 3.05) is 11.9 Å². The molecule has 0 bridgehead atoms. The minimum Gasteiger partial charge on any atom is -0.352 e. The van der Waals surface area contributed by atoms with Gasteiger partial charge in [0.15, 0.2) is 0 Å². The molecule has 0 spiro atoms. The Morgan fingerprint density at radius 1 is 0.903 bits per heavy atom. The van der Waals surface area contributed by atoms with Crippen molar-refractivity contribution in [3.8, 4) is 0 Å². The number of benzene rings is 2. The van der Waals surface area contributed by atoms with Gasteiger partial charge in [-0.3, -0.25) is 14.4 Å². The summed E-state index contributed by atoms with van der Waals surface area (Å²) in [5.74, 6) is -0.0883. The summed E-state index contributed by atoms with van der Waals surface area (Å²) in [5, 5.41) is 8.63. The average Bonchev–Trinajstić information content (AvgIpc) is 2.71. The predicted molar refractivity (Wildman–Crippen MR) is 124 cm³/mol. The van der Waals surface area contributed by atoms with E-state index in [1.807, 2.05) is 65.0 Å². The Balaban J connectivity index is 2.17. The van der Waals surface area contributed by atoms with Crippen molar-refractivity contribution in [3.63, 3.8) is 0 Å². The van der Waals surface area contributed by atoms with Crippen molar-refractivity contribution in [3.05, 3.63) is 65.2 Å². The van der Waals surface area contributed by atoms with Gasteiger partial charge in [-0.15, -0.1) is 0 Å². The minimum absolute atomic E-state index is 0.141. The fourth-order valence-electron chi connectivity index (χ4n) is 3.09. The summed E-state index contributed by atoms with van der Waals surface area (Å²) < 4.78 is 0. The second kappa shape index (κ2) is 11.3. The molecule has 2 aromatic carbocycles. The third kappa shape index (κ3) is 7.55. The van der Waals surface area contributed by atoms with Gasteiger partial charge >= 0.3 is 0 Å². The molecule has 0 heterocycles. The van der Waals surface area contributed by atoms with E-state index in [-0.39, 0.29) is 23.6 Å². The molecule has 166 valence electrons. The lowest BCUT2D eigenvalue weighted by molar-refractivity contribution is -0.127. The van der Waals surface area contributed by atoms with Crippen LogP contribution in [0.1, 0.15) is 61.6 Å². The van der Waals surface area contributed by atoms with E-state index < -0.39 is 6.04 Å². The number of anilines is 1. The molecule has 0 radical (unpaired) electrons. The van der Waals surface area contributed by atoms with Crippen LogP contribution in [0.4, 0.5) is 5.69 Å². The standard InChI is InChI=1S/C25H33N3O3/c1-16(2)13-22(29)28-23(19-9-7-6-8-10-19)25(31)27-21-12-11-20(14-18(21)5)24(30)26-15-17(3)4/h6-12,14,16-17,23H,13,15H2,1-5H3,(H,26,30)(H,27,31)(H,28,29). The summed E-state index contributed by atoms with van der Waals surface area (Å²) in [7, 11) is 0. The lowest BCUT2D eigenvalue weighted by Crippen LogP contribution is -2.37. The summed E-state index contributed by atoms with van der Waals surface area (Å²) in [6.45, 7) is 10.4. The number of carbonyl (C=O) groups is 3. The normalized spacial score (nSPS) is 11.8. The largest absolute Gasteiger partial charge is 0.352 e. The molecule has 1 atom stereocenters. The number of nitrogens with one attached hydrogen (secondary N) is 3. The zero-order chi connectivity index (χ0) is 23.0. The molecular formula is C25H33N3O3. The van der Waals surface area contributed by atoms with Gasteiger partial charge in [0.25, 0.3) is 11.8 Å². The first-order valence-electron chi connectivity index (χ1n) is 10.7. The maximum atomic E-state index is 13.1. The van der Waals surface area contributed by atoms with Gasteiger partial charge in [0.05, 0.1) is 0 Å². The lowest BCUT2D eigenvalue weighted by Gasteiger charge is -2.20. The monoisotopic (exact) mass is 423 g/mol. The highest BCUT2D eigenvalue weighted by atomic mass is 16.2. The van der Waals surface area contributed by atoms with Crippen LogP contribution in [0.2, 0.25) is 0 Å². The van der Waals surface area contributed by atoms with E-state index in [2.05, 4.69) is 16.0 Å². The minimum atomic E-state index is -0.805. The van der Waals surface area contributed by atoms with Crippen LogP contribution in [-0.2, 0) is 9.59 Å². The van der Waals surface area contributed by atoms with Gasteiger partial charge in [0, 0.05) is 24.2 Å². The van der Waals surface area contributed by atoms with Gasteiger partial charge in [0.2, 0.25) is 5.91 Å². The fraction of sp³-hybridized carbons (Fsp3) is 0.400. The smallest absolute Gasteiger partial charge is 0.251 e. The highest BCUT2D eigenvalue weighted by Crippen LogP contribution is 2.21. The van der Waals surface area contributed by atoms with Gasteiger partial charge in [-0.1, -0.05) is 58.0 Å². The Kier molecular flexibility index (Phi) is 8.79. The number of hydrogen-bond acceptors (Lipinski definition) is 3. The van der Waals surface area contributed by atoms with Gasteiger partial charge < -0.3 is 16.0 Å². The number of carbonyl (C=O) groups excluding carboxylic acids is 3. The Labute approximate surface area is 184 Å². The molecule has 6 heteroatoms. The second-order valence-corrected chi connectivity index (χ2v) is 8.63. The third-order valence-electron chi connectivity index (χ3n) is 4.71. The van der Waals surface area contributed by atoms with Crippen LogP contribution < -0.4 is 16.0 Å². The van der Waals surface area contributed by atoms with Gasteiger partial charge in [-0.2, -0.15) is 0 Å². The average molecular weight is 424 g/mol. The molecule has 0 fully saturated rings. The molecule has 6 nitrogen and oxygen atoms in total. The number of amides is 3. The first-order chi connectivity index (χ1) is 14.7. The van der Waals surface area contributed by atoms with Crippen LogP contribution in [0.15, 0.2) is 48.5 Å². The summed E-state index contributed by atoms with van der Waals surface area (Å²) in [6.07, 6.45) is 0.343. The van der Waals surface area contributed by atoms with Crippen molar-refractivity contribution < 1.29 is 14.4 Å². The lowest BCUT2D eigenvalue weighted by atomic mass is 10.0. The molecule has 0 saturated carbocycles. The maximum absolute atomic E-state index is 13.1. The van der Waals surface area contributed by atoms with Crippen molar-refractivity contribution in [1.29, 1.82) is 0 Å². The molecule has 1 unspecified atom stereocenters. The van der Waals surface area contributed by atoms with Crippen LogP contribution in [0.3, 0.4) is 0 Å². The molecule has 2 rings (SSSR count). The molecule has 31 heavy (non-hydrogen) atoms. The van der Waals surface area contributed by atoms with Crippen molar-refractivity contribution in [2.45, 2.75) is 47.1 Å². The van der Waals surface area contributed by atoms with E-state index in [1.54, 1.807) is 18.2 Å². The summed E-state index contributed by atoms with van der Waals surface area (Å²) in [6, 6.07) is 13.5. The molecule has 0 aromatic heterocycles. The quantitative estimate of drug-likeness (QED) is 0.564. The molecule has 0 aliphatic rings. The second-order valence-electron chi connectivity index (χ2n) is 8.63. The Morgan fingerprint density at radius 2 is 1.58 bits per heavy atom. The SMILES string of the molecule is Cc1cc(C(=O)NCC(C)C)ccc1NC(=O)C(NC(=O)CC(C)C)c1ccccc1. The zero-order valence-electron chi connectivity index (χ0n) is 19.0. The molecule has 3 N–H and O–H groups in total. The number of hydrogen-bond donors (Lipinski definition) is 3. The highest BCUT2D eigenvalue weighted by molar-refractivity contribution is 5.99. The van der Waals surface area contributed by atoms with E-state index in [1.165, 1.54) is 0 Å². The summed E-state index contributed by atoms with van der Waals surface area (Å²) in [4.78, 5) is 37.7. The number of rotatable bonds is 9. The Bertz CT molecular complexity index is 907. The van der Waals surface area contributed by atoms with Crippen LogP contribution in [0.25, 0.3) is 0 Å². The topological polar surface area (TPSA) is 87.3 Å². The molecule has 3 amide bonds. The zero-order valence-corrected chi connectivity index (χ0v) is 19.0. The molecule has 0 saturated heterocycles. The highest BCUT2D eigenvalue weighted by Gasteiger charge is 2.23. The fourth-order valence-corrected chi connectivity index (χ4v) is 3.09. The van der Waals surface area contributed by atoms with E-state index in [0.29, 0.717) is 35.7 Å². The van der Waals surface area contributed by atoms with E-state index in [4.69, 9.17) is 0 Å². The first-order valence-corrected chi connectivity index (χ1v) is 10.7. The first kappa shape index (κ1) is 24.1. The predicted octanol–water partition coefficient (Wildman–Crippen LogP) is 4.22. The van der Waals surface area contributed by atoms with Gasteiger partial charge in [-0.25, -0.2) is 0 Å². The third-order valence-corrected chi connectivity index (χ3v) is 4.71. The van der Waals surface area contributed by atoms with Crippen LogP contribution in [-0.4, -0.2) is 24.3 Å². The van der Waals surface area contributed by atoms with E-state index in [9.17, 15) is 14.4 Å². The number of aryl methyl sites for hydroxylation is 1. The summed E-state index contributed by atoms with van der Waals surface area (Å²) in [5.41, 5.74) is 2.62. The van der Waals surface area contributed by atoms with Crippen LogP contribution in [0.5, 0.6) is 0 Å². The van der Waals surface area contributed by atoms with Crippen molar-refractivity contribution in [1.82, 2.24) is 10.6 Å². The van der Waals surface area contributed by atoms with Crippen molar-refractivity contribution >= 4 is 23.4 Å². The molecule has 0 aliphatic carbocycles. The molecule has 0 aliphatic heterocycles. The molecular weight excluding hydrogens is 390 g/mol. The maximum Gasteiger partial charge on any atom is 0.251 e. The van der Waals surface area contributed by atoms with E-state index >= 15 is 0 Å². The molecule has 2 aromatic rings. The summed E-state index contributed by atoms with van der Waals surface area (Å²) >= 11 is 0. The van der Waals surface area contributed by atoms with Crippen LogP contribution >= 0.6 is 0 Å². The Morgan fingerprint density at radius 3 is 2.16 bits per heavy atom. The van der Waals surface area contributed by atoms with E-state index in [0.717, 1.165) is 5.56 Å². The van der Waals surface area contributed by atoms with Gasteiger partial charge in [-0.05, 0) is 48.1 Å².